The maximum atomic E-state index is 11.5. The predicted molar refractivity (Wildman–Crippen MR) is 86.8 cm³/mol. The number of benzene rings is 2. The van der Waals surface area contributed by atoms with E-state index in [0.29, 0.717) is 11.6 Å². The van der Waals surface area contributed by atoms with Crippen LogP contribution in [0.1, 0.15) is 11.1 Å². The summed E-state index contributed by atoms with van der Waals surface area (Å²) in [5, 5.41) is 12.3. The smallest absolute Gasteiger partial charge is 0.407 e. The van der Waals surface area contributed by atoms with Crippen molar-refractivity contribution in [3.8, 4) is 5.75 Å². The van der Waals surface area contributed by atoms with Gasteiger partial charge in [-0.15, -0.1) is 0 Å². The minimum Gasteiger partial charge on any atom is -0.508 e. The van der Waals surface area contributed by atoms with Crippen LogP contribution in [0.2, 0.25) is 5.02 Å². The molecule has 0 unspecified atom stereocenters. The molecule has 1 amide bonds. The number of alkyl carbamates (subject to hydrolysis) is 1. The lowest BCUT2D eigenvalue weighted by atomic mass is 10.2. The Balaban J connectivity index is 1.73. The van der Waals surface area contributed by atoms with Crippen LogP contribution in [0.15, 0.2) is 54.6 Å². The zero-order valence-corrected chi connectivity index (χ0v) is 12.6. The number of phenols is 1. The maximum Gasteiger partial charge on any atom is 0.407 e. The summed E-state index contributed by atoms with van der Waals surface area (Å²) in [4.78, 5) is 11.5. The van der Waals surface area contributed by atoms with Crippen LogP contribution in [0.4, 0.5) is 4.79 Å². The molecule has 4 nitrogen and oxygen atoms in total. The lowest BCUT2D eigenvalue weighted by Crippen LogP contribution is -2.24. The van der Waals surface area contributed by atoms with Crippen LogP contribution in [-0.2, 0) is 11.3 Å². The van der Waals surface area contributed by atoms with Crippen LogP contribution in [0, 0.1) is 0 Å². The van der Waals surface area contributed by atoms with Crippen molar-refractivity contribution in [1.82, 2.24) is 5.32 Å². The fraction of sp³-hybridized carbons (Fsp3) is 0.118. The average molecular weight is 318 g/mol. The van der Waals surface area contributed by atoms with E-state index in [9.17, 15) is 9.90 Å². The number of hydrogen-bond donors (Lipinski definition) is 2. The summed E-state index contributed by atoms with van der Waals surface area (Å²) in [5.41, 5.74) is 1.70. The van der Waals surface area contributed by atoms with Crippen molar-refractivity contribution in [3.63, 3.8) is 0 Å². The fourth-order valence-electron chi connectivity index (χ4n) is 1.75. The molecule has 0 aliphatic heterocycles. The Kier molecular flexibility index (Phi) is 5.86. The first-order chi connectivity index (χ1) is 10.6. The zero-order chi connectivity index (χ0) is 15.8. The molecule has 22 heavy (non-hydrogen) atoms. The lowest BCUT2D eigenvalue weighted by Gasteiger charge is -2.05. The van der Waals surface area contributed by atoms with Crippen molar-refractivity contribution in [2.24, 2.45) is 0 Å². The van der Waals surface area contributed by atoms with E-state index >= 15 is 0 Å². The number of carbonyl (C=O) groups is 1. The maximum absolute atomic E-state index is 11.5. The number of rotatable bonds is 5. The molecular formula is C17H16ClNO3. The second-order valence-corrected chi connectivity index (χ2v) is 4.96. The van der Waals surface area contributed by atoms with Crippen molar-refractivity contribution >= 4 is 23.8 Å². The second-order valence-electron chi connectivity index (χ2n) is 4.55. The Hall–Kier alpha value is -2.46. The largest absolute Gasteiger partial charge is 0.508 e. The van der Waals surface area contributed by atoms with E-state index in [1.165, 1.54) is 6.07 Å². The highest BCUT2D eigenvalue weighted by atomic mass is 35.5. The molecule has 0 bridgehead atoms. The third-order valence-corrected chi connectivity index (χ3v) is 3.19. The summed E-state index contributed by atoms with van der Waals surface area (Å²) in [6.45, 7) is 0.561. The van der Waals surface area contributed by atoms with Crippen LogP contribution < -0.4 is 5.32 Å². The molecule has 0 aliphatic carbocycles. The molecule has 0 aromatic heterocycles. The Morgan fingerprint density at radius 3 is 2.73 bits per heavy atom. The molecule has 2 aromatic rings. The summed E-state index contributed by atoms with van der Waals surface area (Å²) in [5.74, 6) is 0.116. The molecule has 0 spiro atoms. The first-order valence-corrected chi connectivity index (χ1v) is 7.12. The Morgan fingerprint density at radius 1 is 1.23 bits per heavy atom. The number of ether oxygens (including phenoxy) is 1. The molecule has 5 heteroatoms. The van der Waals surface area contributed by atoms with Crippen molar-refractivity contribution in [1.29, 1.82) is 0 Å². The predicted octanol–water partition coefficient (Wildman–Crippen LogP) is 3.99. The summed E-state index contributed by atoms with van der Waals surface area (Å²) in [7, 11) is 0. The molecule has 0 saturated heterocycles. The van der Waals surface area contributed by atoms with Crippen LogP contribution >= 0.6 is 11.6 Å². The van der Waals surface area contributed by atoms with Gasteiger partial charge in [0.25, 0.3) is 0 Å². The quantitative estimate of drug-likeness (QED) is 0.876. The van der Waals surface area contributed by atoms with E-state index in [-0.39, 0.29) is 12.4 Å². The number of nitrogens with one attached hydrogen (secondary N) is 1. The average Bonchev–Trinajstić information content (AvgIpc) is 2.52. The van der Waals surface area contributed by atoms with Gasteiger partial charge < -0.3 is 15.2 Å². The van der Waals surface area contributed by atoms with Crippen molar-refractivity contribution in [2.75, 3.05) is 6.54 Å². The number of aromatic hydroxyl groups is 1. The summed E-state index contributed by atoms with van der Waals surface area (Å²) in [6, 6.07) is 14.2. The van der Waals surface area contributed by atoms with E-state index in [4.69, 9.17) is 16.3 Å². The number of amides is 1. The van der Waals surface area contributed by atoms with Gasteiger partial charge in [-0.05, 0) is 29.3 Å². The van der Waals surface area contributed by atoms with Crippen molar-refractivity contribution in [2.45, 2.75) is 6.61 Å². The Labute approximate surface area is 134 Å². The van der Waals surface area contributed by atoms with E-state index in [1.807, 2.05) is 30.3 Å². The van der Waals surface area contributed by atoms with Crippen LogP contribution in [0.25, 0.3) is 6.08 Å². The number of carbonyl (C=O) groups excluding carboxylic acids is 1. The second kappa shape index (κ2) is 8.10. The van der Waals surface area contributed by atoms with Gasteiger partial charge in [0.15, 0.2) is 0 Å². The zero-order valence-electron chi connectivity index (χ0n) is 11.8. The van der Waals surface area contributed by atoms with Gasteiger partial charge in [0.1, 0.15) is 12.4 Å². The fourth-order valence-corrected chi connectivity index (χ4v) is 1.99. The van der Waals surface area contributed by atoms with Gasteiger partial charge in [0.2, 0.25) is 0 Å². The van der Waals surface area contributed by atoms with Gasteiger partial charge in [-0.1, -0.05) is 54.1 Å². The van der Waals surface area contributed by atoms with Gasteiger partial charge in [-0.3, -0.25) is 0 Å². The van der Waals surface area contributed by atoms with Crippen molar-refractivity contribution in [3.05, 3.63) is 70.8 Å². The molecule has 2 aromatic carbocycles. The summed E-state index contributed by atoms with van der Waals surface area (Å²) < 4.78 is 5.08. The molecule has 0 saturated carbocycles. The number of phenolic OH excluding ortho intramolecular Hbond substituents is 1. The van der Waals surface area contributed by atoms with Gasteiger partial charge >= 0.3 is 6.09 Å². The van der Waals surface area contributed by atoms with E-state index < -0.39 is 6.09 Å². The Bertz CT molecular complexity index is 656. The third kappa shape index (κ3) is 5.14. The minimum atomic E-state index is -0.481. The molecule has 0 aliphatic rings. The monoisotopic (exact) mass is 317 g/mol. The molecule has 0 fully saturated rings. The van der Waals surface area contributed by atoms with E-state index in [1.54, 1.807) is 24.3 Å². The molecule has 2 rings (SSSR count). The third-order valence-electron chi connectivity index (χ3n) is 2.86. The summed E-state index contributed by atoms with van der Waals surface area (Å²) in [6.07, 6.45) is 3.03. The molecule has 114 valence electrons. The number of hydrogen-bond acceptors (Lipinski definition) is 3. The molecule has 0 heterocycles. The van der Waals surface area contributed by atoms with E-state index in [0.717, 1.165) is 11.1 Å². The highest BCUT2D eigenvalue weighted by Gasteiger charge is 2.01. The van der Waals surface area contributed by atoms with Gasteiger partial charge in [0.05, 0.1) is 5.02 Å². The highest BCUT2D eigenvalue weighted by Crippen LogP contribution is 2.22. The first-order valence-electron chi connectivity index (χ1n) is 6.75. The van der Waals surface area contributed by atoms with Gasteiger partial charge in [0, 0.05) is 6.54 Å². The Morgan fingerprint density at radius 2 is 2.00 bits per heavy atom. The topological polar surface area (TPSA) is 58.6 Å². The van der Waals surface area contributed by atoms with Crippen LogP contribution in [-0.4, -0.2) is 17.7 Å². The summed E-state index contributed by atoms with van der Waals surface area (Å²) >= 11 is 5.97. The standard InChI is InChI=1S/C17H16ClNO3/c18-16-11-15(20)9-8-14(16)7-4-10-19-17(21)22-12-13-5-2-1-3-6-13/h1-9,11,20H,10,12H2,(H,19,21). The molecule has 0 radical (unpaired) electrons. The first kappa shape index (κ1) is 15.9. The SMILES string of the molecule is O=C(NCC=Cc1ccc(O)cc1Cl)OCc1ccccc1. The van der Waals surface area contributed by atoms with Crippen LogP contribution in [0.3, 0.4) is 0 Å². The number of halogens is 1. The minimum absolute atomic E-state index is 0.116. The van der Waals surface area contributed by atoms with Crippen molar-refractivity contribution < 1.29 is 14.6 Å². The van der Waals surface area contributed by atoms with Gasteiger partial charge in [-0.2, -0.15) is 0 Å². The van der Waals surface area contributed by atoms with Gasteiger partial charge in [-0.25, -0.2) is 4.79 Å². The highest BCUT2D eigenvalue weighted by molar-refractivity contribution is 6.32. The molecule has 0 atom stereocenters. The van der Waals surface area contributed by atoms with E-state index in [2.05, 4.69) is 5.32 Å². The molecular weight excluding hydrogens is 302 g/mol. The lowest BCUT2D eigenvalue weighted by molar-refractivity contribution is 0.141. The molecule has 2 N–H and O–H groups in total. The normalized spacial score (nSPS) is 10.6. The van der Waals surface area contributed by atoms with Crippen LogP contribution in [0.5, 0.6) is 5.75 Å².